The molecule has 1 aromatic rings. The zero-order chi connectivity index (χ0) is 13.0. The molecule has 100 valence electrons. The van der Waals surface area contributed by atoms with Crippen LogP contribution in [0.5, 0.6) is 0 Å². The summed E-state index contributed by atoms with van der Waals surface area (Å²) in [7, 11) is 0. The van der Waals surface area contributed by atoms with Gasteiger partial charge in [-0.1, -0.05) is 30.3 Å². The van der Waals surface area contributed by atoms with Crippen LogP contribution in [0, 0.1) is 23.7 Å². The van der Waals surface area contributed by atoms with Gasteiger partial charge in [0.15, 0.2) is 5.78 Å². The predicted octanol–water partition coefficient (Wildman–Crippen LogP) is 4.03. The summed E-state index contributed by atoms with van der Waals surface area (Å²) in [6.45, 7) is 0. The smallest absolute Gasteiger partial charge is 0.166 e. The maximum Gasteiger partial charge on any atom is 0.166 e. The number of Topliss-reactive ketones (excluding diaryl/α,β-unsaturated/α-hetero) is 1. The number of carbonyl (C=O) groups is 1. The fraction of sp³-hybridized carbons (Fsp3) is 0.588. The number of hydrogen-bond acceptors (Lipinski definition) is 1. The molecule has 3 unspecified atom stereocenters. The third kappa shape index (κ3) is 1.76. The lowest BCUT2D eigenvalue weighted by Crippen LogP contribution is -2.54. The molecule has 0 N–H and O–H groups in total. The van der Waals surface area contributed by atoms with E-state index in [0.29, 0.717) is 30.6 Å². The van der Waals surface area contributed by atoms with E-state index in [1.807, 2.05) is 30.3 Å². The summed E-state index contributed by atoms with van der Waals surface area (Å²) in [6.07, 6.45) is 4.16. The first-order chi connectivity index (χ1) is 9.15. The van der Waals surface area contributed by atoms with Gasteiger partial charge in [0.05, 0.1) is 0 Å². The van der Waals surface area contributed by atoms with Gasteiger partial charge in [-0.05, 0) is 49.9 Å². The molecule has 4 saturated carbocycles. The standard InChI is InChI=1S/C17H19FO/c18-17-8-11-6-13(9-17)15(14(7-11)10-17)16(19)12-4-2-1-3-5-12/h1-5,11,13-15H,6-10H2/t11?,13-,14+,15?,17?. The fourth-order valence-electron chi connectivity index (χ4n) is 5.15. The van der Waals surface area contributed by atoms with Gasteiger partial charge in [0, 0.05) is 11.5 Å². The van der Waals surface area contributed by atoms with Crippen LogP contribution in [-0.2, 0) is 0 Å². The molecule has 19 heavy (non-hydrogen) atoms. The van der Waals surface area contributed by atoms with Crippen LogP contribution in [0.1, 0.15) is 42.5 Å². The van der Waals surface area contributed by atoms with E-state index in [0.717, 1.165) is 24.8 Å². The Balaban J connectivity index is 1.65. The zero-order valence-corrected chi connectivity index (χ0v) is 11.0. The van der Waals surface area contributed by atoms with Crippen LogP contribution in [0.25, 0.3) is 0 Å². The van der Waals surface area contributed by atoms with E-state index in [1.165, 1.54) is 0 Å². The molecule has 4 aliphatic rings. The molecule has 0 saturated heterocycles. The molecule has 0 aliphatic heterocycles. The van der Waals surface area contributed by atoms with Gasteiger partial charge in [-0.25, -0.2) is 4.39 Å². The molecule has 0 heterocycles. The SMILES string of the molecule is O=C(c1ccccc1)C1[C@@H]2CC3C[C@H]1CC(F)(C3)C2. The number of hydrogen-bond donors (Lipinski definition) is 0. The zero-order valence-electron chi connectivity index (χ0n) is 11.0. The lowest BCUT2D eigenvalue weighted by Gasteiger charge is -2.56. The van der Waals surface area contributed by atoms with Gasteiger partial charge in [0.1, 0.15) is 5.67 Å². The van der Waals surface area contributed by atoms with Crippen molar-refractivity contribution >= 4 is 5.78 Å². The highest BCUT2D eigenvalue weighted by molar-refractivity contribution is 5.98. The number of ketones is 1. The van der Waals surface area contributed by atoms with Crippen LogP contribution in [0.2, 0.25) is 0 Å². The molecule has 0 aromatic heterocycles. The van der Waals surface area contributed by atoms with Crippen molar-refractivity contribution in [2.75, 3.05) is 0 Å². The first kappa shape index (κ1) is 11.6. The Hall–Kier alpha value is -1.18. The normalized spacial score (nSPS) is 43.4. The monoisotopic (exact) mass is 258 g/mol. The Bertz CT molecular complexity index is 493. The summed E-state index contributed by atoms with van der Waals surface area (Å²) >= 11 is 0. The first-order valence-electron chi connectivity index (χ1n) is 7.43. The van der Waals surface area contributed by atoms with Crippen molar-refractivity contribution in [2.45, 2.75) is 37.8 Å². The number of rotatable bonds is 2. The Morgan fingerprint density at radius 1 is 1.05 bits per heavy atom. The average Bonchev–Trinajstić information content (AvgIpc) is 2.37. The van der Waals surface area contributed by atoms with Gasteiger partial charge in [-0.3, -0.25) is 4.79 Å². The Labute approximate surface area is 113 Å². The van der Waals surface area contributed by atoms with Crippen molar-refractivity contribution in [1.82, 2.24) is 0 Å². The summed E-state index contributed by atoms with van der Waals surface area (Å²) in [5, 5.41) is 0. The van der Waals surface area contributed by atoms with E-state index in [9.17, 15) is 9.18 Å². The molecule has 5 atom stereocenters. The minimum Gasteiger partial charge on any atom is -0.294 e. The van der Waals surface area contributed by atoms with Crippen molar-refractivity contribution in [3.05, 3.63) is 35.9 Å². The third-order valence-corrected chi connectivity index (χ3v) is 5.56. The van der Waals surface area contributed by atoms with Crippen LogP contribution in [0.15, 0.2) is 30.3 Å². The average molecular weight is 258 g/mol. The quantitative estimate of drug-likeness (QED) is 0.732. The number of carbonyl (C=O) groups excluding carboxylic acids is 1. The highest BCUT2D eigenvalue weighted by Crippen LogP contribution is 2.60. The predicted molar refractivity (Wildman–Crippen MR) is 71.7 cm³/mol. The second-order valence-corrected chi connectivity index (χ2v) is 6.88. The summed E-state index contributed by atoms with van der Waals surface area (Å²) in [5.41, 5.74) is -0.128. The molecule has 0 amide bonds. The van der Waals surface area contributed by atoms with Gasteiger partial charge < -0.3 is 0 Å². The number of alkyl halides is 1. The van der Waals surface area contributed by atoms with Crippen molar-refractivity contribution in [1.29, 1.82) is 0 Å². The Kier molecular flexibility index (Phi) is 2.39. The van der Waals surface area contributed by atoms with Crippen LogP contribution in [0.4, 0.5) is 4.39 Å². The molecular weight excluding hydrogens is 239 g/mol. The van der Waals surface area contributed by atoms with E-state index in [4.69, 9.17) is 0 Å². The van der Waals surface area contributed by atoms with Crippen LogP contribution >= 0.6 is 0 Å². The van der Waals surface area contributed by atoms with E-state index < -0.39 is 5.67 Å². The molecule has 1 nitrogen and oxygen atoms in total. The largest absolute Gasteiger partial charge is 0.294 e. The van der Waals surface area contributed by atoms with E-state index in [2.05, 4.69) is 0 Å². The fourth-order valence-corrected chi connectivity index (χ4v) is 5.15. The van der Waals surface area contributed by atoms with Crippen molar-refractivity contribution in [3.63, 3.8) is 0 Å². The number of benzene rings is 1. The lowest BCUT2D eigenvalue weighted by molar-refractivity contribution is -0.0975. The molecule has 4 fully saturated rings. The van der Waals surface area contributed by atoms with Crippen LogP contribution in [-0.4, -0.2) is 11.5 Å². The maximum absolute atomic E-state index is 14.6. The van der Waals surface area contributed by atoms with Crippen molar-refractivity contribution < 1.29 is 9.18 Å². The Morgan fingerprint density at radius 3 is 2.26 bits per heavy atom. The van der Waals surface area contributed by atoms with Gasteiger partial charge in [0.2, 0.25) is 0 Å². The summed E-state index contributed by atoms with van der Waals surface area (Å²) in [5.74, 6) is 1.48. The lowest BCUT2D eigenvalue weighted by atomic mass is 9.49. The van der Waals surface area contributed by atoms with Gasteiger partial charge >= 0.3 is 0 Å². The van der Waals surface area contributed by atoms with Gasteiger partial charge in [0.25, 0.3) is 0 Å². The molecule has 5 rings (SSSR count). The van der Waals surface area contributed by atoms with Gasteiger partial charge in [-0.2, -0.15) is 0 Å². The highest BCUT2D eigenvalue weighted by Gasteiger charge is 2.57. The topological polar surface area (TPSA) is 17.1 Å². The molecule has 4 bridgehead atoms. The second kappa shape index (κ2) is 3.91. The van der Waals surface area contributed by atoms with Crippen molar-refractivity contribution in [2.24, 2.45) is 23.7 Å². The van der Waals surface area contributed by atoms with E-state index >= 15 is 0 Å². The van der Waals surface area contributed by atoms with Crippen molar-refractivity contribution in [3.8, 4) is 0 Å². The van der Waals surface area contributed by atoms with Crippen LogP contribution in [0.3, 0.4) is 0 Å². The second-order valence-electron chi connectivity index (χ2n) is 6.88. The molecular formula is C17H19FO. The maximum atomic E-state index is 14.6. The third-order valence-electron chi connectivity index (χ3n) is 5.56. The molecule has 1 aromatic carbocycles. The highest BCUT2D eigenvalue weighted by atomic mass is 19.1. The van der Waals surface area contributed by atoms with Crippen LogP contribution < -0.4 is 0 Å². The Morgan fingerprint density at radius 2 is 1.68 bits per heavy atom. The van der Waals surface area contributed by atoms with Gasteiger partial charge in [-0.15, -0.1) is 0 Å². The summed E-state index contributed by atoms with van der Waals surface area (Å²) in [4.78, 5) is 12.7. The number of halogens is 1. The molecule has 0 radical (unpaired) electrons. The minimum atomic E-state index is -0.941. The first-order valence-corrected chi connectivity index (χ1v) is 7.43. The summed E-state index contributed by atoms with van der Waals surface area (Å²) < 4.78 is 14.6. The van der Waals surface area contributed by atoms with E-state index in [-0.39, 0.29) is 11.7 Å². The molecule has 2 heteroatoms. The van der Waals surface area contributed by atoms with E-state index in [1.54, 1.807) is 0 Å². The minimum absolute atomic E-state index is 0.0859. The molecule has 0 spiro atoms. The summed E-state index contributed by atoms with van der Waals surface area (Å²) in [6, 6.07) is 9.57. The molecule has 4 aliphatic carbocycles.